The van der Waals surface area contributed by atoms with Crippen LogP contribution in [0.5, 0.6) is 0 Å². The van der Waals surface area contributed by atoms with Gasteiger partial charge in [-0.1, -0.05) is 31.2 Å². The lowest BCUT2D eigenvalue weighted by Gasteiger charge is -2.34. The van der Waals surface area contributed by atoms with Gasteiger partial charge in [0, 0.05) is 12.5 Å². The Morgan fingerprint density at radius 3 is 2.55 bits per heavy atom. The van der Waals surface area contributed by atoms with Gasteiger partial charge < -0.3 is 9.64 Å². The predicted octanol–water partition coefficient (Wildman–Crippen LogP) is 1.77. The molecular formula is C17H15NO4. The number of ether oxygens (including phenoxy) is 1. The van der Waals surface area contributed by atoms with Gasteiger partial charge in [0.15, 0.2) is 0 Å². The second kappa shape index (κ2) is 4.29. The standard InChI is InChI=1S/C17H15NO4/c1-8-7-11-10-5-3-4-6-12(10)18(9(2)19)15(11)14-13(8)16(20)22-17(14)21/h3-8,13-15H,1-2H3/t8-,13-,14-,15+/m1/s1. The fraction of sp³-hybridized carbons (Fsp3) is 0.353. The van der Waals surface area contributed by atoms with E-state index in [0.717, 1.165) is 16.8 Å². The molecule has 112 valence electrons. The first-order valence-electron chi connectivity index (χ1n) is 7.37. The number of rotatable bonds is 0. The van der Waals surface area contributed by atoms with Crippen molar-refractivity contribution >= 4 is 29.1 Å². The number of cyclic esters (lactones) is 2. The first kappa shape index (κ1) is 13.2. The van der Waals surface area contributed by atoms with Gasteiger partial charge >= 0.3 is 11.9 Å². The molecule has 4 atom stereocenters. The molecule has 1 saturated heterocycles. The molecule has 0 aromatic heterocycles. The molecule has 0 bridgehead atoms. The molecule has 1 aliphatic carbocycles. The molecule has 0 radical (unpaired) electrons. The van der Waals surface area contributed by atoms with Gasteiger partial charge in [-0.15, -0.1) is 0 Å². The van der Waals surface area contributed by atoms with Crippen LogP contribution in [0.4, 0.5) is 5.69 Å². The van der Waals surface area contributed by atoms with Crippen molar-refractivity contribution in [2.45, 2.75) is 19.9 Å². The van der Waals surface area contributed by atoms with E-state index >= 15 is 0 Å². The number of para-hydroxylation sites is 1. The van der Waals surface area contributed by atoms with Crippen LogP contribution in [0.3, 0.4) is 0 Å². The molecule has 1 aromatic rings. The van der Waals surface area contributed by atoms with Crippen LogP contribution < -0.4 is 4.90 Å². The Morgan fingerprint density at radius 1 is 1.14 bits per heavy atom. The van der Waals surface area contributed by atoms with Crippen LogP contribution in [-0.2, 0) is 19.1 Å². The number of allylic oxidation sites excluding steroid dienone is 1. The molecule has 1 amide bonds. The summed E-state index contributed by atoms with van der Waals surface area (Å²) in [6.07, 6.45) is 2.01. The average Bonchev–Trinajstić information content (AvgIpc) is 2.94. The van der Waals surface area contributed by atoms with Crippen LogP contribution in [0.15, 0.2) is 30.3 Å². The number of nitrogens with zero attached hydrogens (tertiary/aromatic N) is 1. The van der Waals surface area contributed by atoms with E-state index in [1.54, 1.807) is 4.90 Å². The van der Waals surface area contributed by atoms with Crippen LogP contribution >= 0.6 is 0 Å². The number of hydrogen-bond acceptors (Lipinski definition) is 4. The minimum Gasteiger partial charge on any atom is -0.393 e. The van der Waals surface area contributed by atoms with E-state index in [-0.39, 0.29) is 11.8 Å². The van der Waals surface area contributed by atoms with Crippen LogP contribution in [-0.4, -0.2) is 23.9 Å². The Kier molecular flexibility index (Phi) is 2.58. The Hall–Kier alpha value is -2.43. The summed E-state index contributed by atoms with van der Waals surface area (Å²) in [7, 11) is 0. The van der Waals surface area contributed by atoms with Gasteiger partial charge in [0.2, 0.25) is 5.91 Å². The summed E-state index contributed by atoms with van der Waals surface area (Å²) in [5, 5.41) is 0. The molecule has 2 heterocycles. The number of esters is 2. The maximum absolute atomic E-state index is 12.2. The molecule has 5 heteroatoms. The number of carbonyl (C=O) groups excluding carboxylic acids is 3. The van der Waals surface area contributed by atoms with Crippen molar-refractivity contribution in [3.63, 3.8) is 0 Å². The van der Waals surface area contributed by atoms with Gasteiger partial charge in [0.25, 0.3) is 0 Å². The van der Waals surface area contributed by atoms with Crippen molar-refractivity contribution in [1.29, 1.82) is 0 Å². The van der Waals surface area contributed by atoms with Crippen molar-refractivity contribution in [3.8, 4) is 0 Å². The van der Waals surface area contributed by atoms with E-state index in [1.807, 2.05) is 37.3 Å². The fourth-order valence-electron chi connectivity index (χ4n) is 4.07. The first-order valence-corrected chi connectivity index (χ1v) is 7.37. The highest BCUT2D eigenvalue weighted by Crippen LogP contribution is 2.51. The normalized spacial score (nSPS) is 32.1. The van der Waals surface area contributed by atoms with Crippen molar-refractivity contribution < 1.29 is 19.1 Å². The number of anilines is 1. The van der Waals surface area contributed by atoms with Crippen LogP contribution in [0, 0.1) is 17.8 Å². The number of amides is 1. The topological polar surface area (TPSA) is 63.7 Å². The van der Waals surface area contributed by atoms with Gasteiger partial charge in [0.05, 0.1) is 23.6 Å². The summed E-state index contributed by atoms with van der Waals surface area (Å²) in [6.45, 7) is 3.40. The summed E-state index contributed by atoms with van der Waals surface area (Å²) in [5.74, 6) is -2.33. The number of carbonyl (C=O) groups is 3. The molecule has 1 fully saturated rings. The zero-order valence-corrected chi connectivity index (χ0v) is 12.3. The molecule has 2 aliphatic heterocycles. The zero-order valence-electron chi connectivity index (χ0n) is 12.3. The highest BCUT2D eigenvalue weighted by molar-refractivity contribution is 6.08. The Bertz CT molecular complexity index is 751. The second-order valence-corrected chi connectivity index (χ2v) is 6.12. The lowest BCUT2D eigenvalue weighted by Crippen LogP contribution is -2.47. The van der Waals surface area contributed by atoms with Gasteiger partial charge in [-0.3, -0.25) is 14.4 Å². The third kappa shape index (κ3) is 1.51. The molecule has 0 saturated carbocycles. The van der Waals surface area contributed by atoms with E-state index < -0.39 is 29.8 Å². The molecule has 1 aromatic carbocycles. The molecular weight excluding hydrogens is 282 g/mol. The maximum atomic E-state index is 12.2. The molecule has 3 aliphatic rings. The molecule has 22 heavy (non-hydrogen) atoms. The predicted molar refractivity (Wildman–Crippen MR) is 78.6 cm³/mol. The van der Waals surface area contributed by atoms with E-state index in [4.69, 9.17) is 4.74 Å². The third-order valence-electron chi connectivity index (χ3n) is 4.89. The Morgan fingerprint density at radius 2 is 1.82 bits per heavy atom. The summed E-state index contributed by atoms with van der Waals surface area (Å²) < 4.78 is 4.86. The number of hydrogen-bond donors (Lipinski definition) is 0. The van der Waals surface area contributed by atoms with Crippen LogP contribution in [0.25, 0.3) is 5.57 Å². The third-order valence-corrected chi connectivity index (χ3v) is 4.89. The molecule has 0 spiro atoms. The van der Waals surface area contributed by atoms with Crippen molar-refractivity contribution in [2.75, 3.05) is 4.90 Å². The molecule has 5 nitrogen and oxygen atoms in total. The molecule has 4 rings (SSSR count). The van der Waals surface area contributed by atoms with Gasteiger partial charge in [-0.25, -0.2) is 0 Å². The maximum Gasteiger partial charge on any atom is 0.319 e. The Labute approximate surface area is 127 Å². The first-order chi connectivity index (χ1) is 10.5. The quantitative estimate of drug-likeness (QED) is 0.541. The highest BCUT2D eigenvalue weighted by atomic mass is 16.6. The smallest absolute Gasteiger partial charge is 0.319 e. The minimum absolute atomic E-state index is 0.0878. The highest BCUT2D eigenvalue weighted by Gasteiger charge is 2.58. The SMILES string of the molecule is CC(=O)N1c2ccccc2C2=C[C@@H](C)[C@H]3C(=O)OC(=O)[C@H]3[C@H]21. The van der Waals surface area contributed by atoms with Crippen LogP contribution in [0.1, 0.15) is 19.4 Å². The fourth-order valence-corrected chi connectivity index (χ4v) is 4.07. The number of benzene rings is 1. The zero-order chi connectivity index (χ0) is 15.6. The summed E-state index contributed by atoms with van der Waals surface area (Å²) in [6, 6.07) is 7.17. The molecule has 0 N–H and O–H groups in total. The summed E-state index contributed by atoms with van der Waals surface area (Å²) >= 11 is 0. The lowest BCUT2D eigenvalue weighted by atomic mass is 9.71. The van der Waals surface area contributed by atoms with Crippen molar-refractivity contribution in [3.05, 3.63) is 35.9 Å². The van der Waals surface area contributed by atoms with E-state index in [0.29, 0.717) is 0 Å². The van der Waals surface area contributed by atoms with Crippen LogP contribution in [0.2, 0.25) is 0 Å². The largest absolute Gasteiger partial charge is 0.393 e. The average molecular weight is 297 g/mol. The summed E-state index contributed by atoms with van der Waals surface area (Å²) in [5.41, 5.74) is 2.71. The van der Waals surface area contributed by atoms with Gasteiger partial charge in [-0.2, -0.15) is 0 Å². The van der Waals surface area contributed by atoms with E-state index in [1.165, 1.54) is 6.92 Å². The molecule has 0 unspecified atom stereocenters. The summed E-state index contributed by atoms with van der Waals surface area (Å²) in [4.78, 5) is 38.0. The lowest BCUT2D eigenvalue weighted by molar-refractivity contribution is -0.154. The Balaban J connectivity index is 1.95. The van der Waals surface area contributed by atoms with Gasteiger partial charge in [0.1, 0.15) is 0 Å². The van der Waals surface area contributed by atoms with Gasteiger partial charge in [-0.05, 0) is 17.6 Å². The van der Waals surface area contributed by atoms with E-state index in [2.05, 4.69) is 0 Å². The van der Waals surface area contributed by atoms with Crippen molar-refractivity contribution in [1.82, 2.24) is 0 Å². The van der Waals surface area contributed by atoms with Crippen molar-refractivity contribution in [2.24, 2.45) is 17.8 Å². The second-order valence-electron chi connectivity index (χ2n) is 6.12. The monoisotopic (exact) mass is 297 g/mol. The minimum atomic E-state index is -0.612. The van der Waals surface area contributed by atoms with E-state index in [9.17, 15) is 14.4 Å². The number of fused-ring (bicyclic) bond motifs is 5.